The Morgan fingerprint density at radius 1 is 1.23 bits per heavy atom. The minimum Gasteiger partial charge on any atom is -0.320 e. The van der Waals surface area contributed by atoms with Crippen LogP contribution in [-0.4, -0.2) is 29.5 Å². The summed E-state index contributed by atoms with van der Waals surface area (Å²) < 4.78 is 3.80. The fourth-order valence-electron chi connectivity index (χ4n) is 5.31. The third-order valence-electron chi connectivity index (χ3n) is 6.88. The third kappa shape index (κ3) is 2.44. The lowest BCUT2D eigenvalue weighted by Crippen LogP contribution is -2.43. The summed E-state index contributed by atoms with van der Waals surface area (Å²) in [4.78, 5) is 13.2. The number of aromatic nitrogens is 6. The second-order valence-corrected chi connectivity index (χ2v) is 9.10. The summed E-state index contributed by atoms with van der Waals surface area (Å²) in [7, 11) is 2.00. The van der Waals surface area contributed by atoms with Gasteiger partial charge in [-0.3, -0.25) is 14.5 Å². The van der Waals surface area contributed by atoms with Gasteiger partial charge in [-0.15, -0.1) is 10.2 Å². The van der Waals surface area contributed by atoms with Crippen LogP contribution in [0.1, 0.15) is 55.5 Å². The van der Waals surface area contributed by atoms with Crippen LogP contribution in [0.3, 0.4) is 0 Å². The van der Waals surface area contributed by atoms with Crippen molar-refractivity contribution in [3.8, 4) is 5.69 Å². The lowest BCUT2D eigenvalue weighted by molar-refractivity contribution is 0.185. The van der Waals surface area contributed by atoms with Crippen LogP contribution in [0.25, 0.3) is 16.6 Å². The van der Waals surface area contributed by atoms with E-state index >= 15 is 0 Å². The highest BCUT2D eigenvalue weighted by Gasteiger charge is 2.48. The van der Waals surface area contributed by atoms with Crippen LogP contribution in [-0.2, 0) is 12.5 Å². The van der Waals surface area contributed by atoms with Gasteiger partial charge in [-0.05, 0) is 60.8 Å². The highest BCUT2D eigenvalue weighted by molar-refractivity contribution is 5.82. The summed E-state index contributed by atoms with van der Waals surface area (Å²) in [6, 6.07) is 8.37. The fraction of sp³-hybridized carbons (Fsp3) is 0.391. The van der Waals surface area contributed by atoms with E-state index in [0.29, 0.717) is 17.4 Å². The maximum absolute atomic E-state index is 13.2. The largest absolute Gasteiger partial charge is 0.320 e. The molecule has 1 N–H and O–H groups in total. The van der Waals surface area contributed by atoms with Gasteiger partial charge in [-0.2, -0.15) is 5.10 Å². The molecule has 0 radical (unpaired) electrons. The molecule has 1 aromatic carbocycles. The van der Waals surface area contributed by atoms with E-state index in [4.69, 9.17) is 0 Å². The summed E-state index contributed by atoms with van der Waals surface area (Å²) in [6.45, 7) is 2.27. The summed E-state index contributed by atoms with van der Waals surface area (Å²) in [5.74, 6) is 2.15. The van der Waals surface area contributed by atoms with E-state index in [-0.39, 0.29) is 11.0 Å². The monoisotopic (exact) mass is 400 g/mol. The van der Waals surface area contributed by atoms with Gasteiger partial charge in [0.15, 0.2) is 0 Å². The van der Waals surface area contributed by atoms with E-state index in [1.165, 1.54) is 24.0 Å². The van der Waals surface area contributed by atoms with Crippen LogP contribution in [0.2, 0.25) is 0 Å². The van der Waals surface area contributed by atoms with Crippen LogP contribution >= 0.6 is 0 Å². The summed E-state index contributed by atoms with van der Waals surface area (Å²) >= 11 is 0. The number of nitrogens with zero attached hydrogens (tertiary/aromatic N) is 5. The van der Waals surface area contributed by atoms with E-state index in [9.17, 15) is 4.79 Å². The molecule has 4 aromatic rings. The van der Waals surface area contributed by atoms with Crippen LogP contribution < -0.4 is 5.56 Å². The molecule has 0 bridgehead atoms. The normalized spacial score (nSPS) is 23.6. The second-order valence-electron chi connectivity index (χ2n) is 9.10. The zero-order chi connectivity index (χ0) is 20.5. The molecule has 6 rings (SSSR count). The number of hydrogen-bond donors (Lipinski definition) is 1. The van der Waals surface area contributed by atoms with Crippen molar-refractivity contribution in [3.05, 3.63) is 70.3 Å². The summed E-state index contributed by atoms with van der Waals surface area (Å²) in [5, 5.41) is 16.6. The summed E-state index contributed by atoms with van der Waals surface area (Å²) in [6.07, 6.45) is 9.98. The molecule has 2 aliphatic rings. The first-order chi connectivity index (χ1) is 14.6. The van der Waals surface area contributed by atoms with Gasteiger partial charge in [0.25, 0.3) is 5.56 Å². The van der Waals surface area contributed by atoms with Crippen molar-refractivity contribution < 1.29 is 0 Å². The topological polar surface area (TPSA) is 81.4 Å². The molecule has 0 spiro atoms. The Hall–Kier alpha value is -3.22. The van der Waals surface area contributed by atoms with E-state index in [1.807, 2.05) is 29.9 Å². The Morgan fingerprint density at radius 3 is 2.77 bits per heavy atom. The molecule has 3 aromatic heterocycles. The highest BCUT2D eigenvalue weighted by atomic mass is 16.1. The third-order valence-corrected chi connectivity index (χ3v) is 6.88. The van der Waals surface area contributed by atoms with Gasteiger partial charge in [0.1, 0.15) is 17.7 Å². The smallest absolute Gasteiger partial charge is 0.280 e. The predicted octanol–water partition coefficient (Wildman–Crippen LogP) is 3.44. The van der Waals surface area contributed by atoms with Gasteiger partial charge in [0.05, 0.1) is 11.6 Å². The number of hydrogen-bond acceptors (Lipinski definition) is 4. The lowest BCUT2D eigenvalue weighted by Gasteiger charge is -2.46. The van der Waals surface area contributed by atoms with Crippen molar-refractivity contribution in [2.24, 2.45) is 13.0 Å². The van der Waals surface area contributed by atoms with Gasteiger partial charge in [0, 0.05) is 24.3 Å². The van der Waals surface area contributed by atoms with Gasteiger partial charge < -0.3 is 4.57 Å². The quantitative estimate of drug-likeness (QED) is 0.569. The molecule has 3 heterocycles. The van der Waals surface area contributed by atoms with Crippen molar-refractivity contribution in [1.29, 1.82) is 0 Å². The number of H-pyrrole nitrogens is 1. The molecule has 7 nitrogen and oxygen atoms in total. The molecule has 30 heavy (non-hydrogen) atoms. The number of benzene rings is 1. The first kappa shape index (κ1) is 17.6. The van der Waals surface area contributed by atoms with Crippen molar-refractivity contribution in [1.82, 2.24) is 29.5 Å². The molecule has 0 unspecified atom stereocenters. The molecule has 152 valence electrons. The average Bonchev–Trinajstić information content (AvgIpc) is 3.27. The number of fused-ring (bicyclic) bond motifs is 1. The van der Waals surface area contributed by atoms with Crippen molar-refractivity contribution in [2.75, 3.05) is 0 Å². The first-order valence-corrected chi connectivity index (χ1v) is 10.6. The standard InChI is InChI=1S/C23H24N6O/c1-14-9-23(10-14,22-27-25-13-28(22)2)16-4-3-5-17(8-16)29-12-19(15-6-7-15)18-11-24-26-20(18)21(29)30/h3-5,8,11-15H,6-7,9-10H2,1-2H3,(H,24,26). The van der Waals surface area contributed by atoms with E-state index in [0.717, 1.165) is 29.7 Å². The maximum atomic E-state index is 13.2. The van der Waals surface area contributed by atoms with E-state index < -0.39 is 0 Å². The molecular weight excluding hydrogens is 376 g/mol. The van der Waals surface area contributed by atoms with Gasteiger partial charge in [-0.1, -0.05) is 19.1 Å². The predicted molar refractivity (Wildman–Crippen MR) is 114 cm³/mol. The van der Waals surface area contributed by atoms with Crippen molar-refractivity contribution in [2.45, 2.75) is 43.9 Å². The fourth-order valence-corrected chi connectivity index (χ4v) is 5.31. The minimum atomic E-state index is -0.151. The Kier molecular flexibility index (Phi) is 3.61. The van der Waals surface area contributed by atoms with Crippen LogP contribution in [0.5, 0.6) is 0 Å². The maximum Gasteiger partial charge on any atom is 0.280 e. The molecule has 7 heteroatoms. The molecule has 2 fully saturated rings. The Balaban J connectivity index is 1.52. The van der Waals surface area contributed by atoms with Gasteiger partial charge >= 0.3 is 0 Å². The van der Waals surface area contributed by atoms with Crippen LogP contribution in [0.4, 0.5) is 0 Å². The number of nitrogens with one attached hydrogen (secondary N) is 1. The zero-order valence-corrected chi connectivity index (χ0v) is 17.2. The average molecular weight is 400 g/mol. The summed E-state index contributed by atoms with van der Waals surface area (Å²) in [5.41, 5.74) is 3.67. The zero-order valence-electron chi connectivity index (χ0n) is 17.2. The van der Waals surface area contributed by atoms with Gasteiger partial charge in [0.2, 0.25) is 0 Å². The SMILES string of the molecule is CC1CC(c2cccc(-n3cc(C4CC4)c4cn[nH]c4c3=O)c2)(c2nncn2C)C1. The first-order valence-electron chi connectivity index (χ1n) is 10.6. The molecule has 2 aliphatic carbocycles. The van der Waals surface area contributed by atoms with Crippen molar-refractivity contribution in [3.63, 3.8) is 0 Å². The molecule has 0 saturated heterocycles. The number of rotatable bonds is 4. The van der Waals surface area contributed by atoms with Crippen LogP contribution in [0.15, 0.2) is 47.8 Å². The molecule has 0 aliphatic heterocycles. The van der Waals surface area contributed by atoms with Crippen LogP contribution in [0, 0.1) is 5.92 Å². The number of aryl methyl sites for hydroxylation is 1. The van der Waals surface area contributed by atoms with E-state index in [2.05, 4.69) is 39.5 Å². The molecule has 0 atom stereocenters. The Bertz CT molecular complexity index is 1320. The molecule has 0 amide bonds. The number of aromatic amines is 1. The van der Waals surface area contributed by atoms with Gasteiger partial charge in [-0.25, -0.2) is 0 Å². The second kappa shape index (κ2) is 6.14. The van der Waals surface area contributed by atoms with Crippen molar-refractivity contribution >= 4 is 10.9 Å². The lowest BCUT2D eigenvalue weighted by atomic mass is 9.58. The number of pyridine rings is 1. The van der Waals surface area contributed by atoms with E-state index in [1.54, 1.807) is 17.1 Å². The highest BCUT2D eigenvalue weighted by Crippen LogP contribution is 2.51. The minimum absolute atomic E-state index is 0.0567. The molecular formula is C23H24N6O. The Labute approximate surface area is 173 Å². The Morgan fingerprint density at radius 2 is 2.07 bits per heavy atom. The molecule has 2 saturated carbocycles.